The van der Waals surface area contributed by atoms with Crippen molar-refractivity contribution in [1.82, 2.24) is 9.62 Å². The number of rotatable bonds is 10. The molecule has 0 spiro atoms. The van der Waals surface area contributed by atoms with Crippen LogP contribution in [0.2, 0.25) is 0 Å². The molecule has 0 fully saturated rings. The van der Waals surface area contributed by atoms with E-state index in [1.165, 1.54) is 33.0 Å². The van der Waals surface area contributed by atoms with Crippen molar-refractivity contribution in [2.75, 3.05) is 13.7 Å². The van der Waals surface area contributed by atoms with Crippen molar-refractivity contribution >= 4 is 27.8 Å². The number of ether oxygens (including phenoxy) is 2. The average molecular weight is 476 g/mol. The number of carbonyl (C=O) groups is 2. The van der Waals surface area contributed by atoms with Crippen LogP contribution < -0.4 is 4.72 Å². The standard InChI is InChI=1S/C19H29N3O9S/c1-12(20-32(28,29)15-10-8-7-9-14(15)22(26)27)11-30-13(2)16(17(23)24)21(6)18(25)31-19(3,4)5/h7-10,12-13,16,20H,11H2,1-6H3,(H,23,24)/t12?,13-,16+/m1/s1. The number of nitro benzene ring substituents is 1. The lowest BCUT2D eigenvalue weighted by molar-refractivity contribution is -0.387. The maximum absolute atomic E-state index is 12.6. The fourth-order valence-electron chi connectivity index (χ4n) is 2.71. The molecular formula is C19H29N3O9S. The summed E-state index contributed by atoms with van der Waals surface area (Å²) in [6, 6.07) is 2.62. The predicted molar refractivity (Wildman–Crippen MR) is 114 cm³/mol. The van der Waals surface area contributed by atoms with Crippen molar-refractivity contribution in [1.29, 1.82) is 0 Å². The summed E-state index contributed by atoms with van der Waals surface area (Å²) in [6.07, 6.45) is -1.88. The largest absolute Gasteiger partial charge is 0.480 e. The number of hydrogen-bond acceptors (Lipinski definition) is 8. The Bertz CT molecular complexity index is 944. The number of nitrogens with zero attached hydrogens (tertiary/aromatic N) is 2. The van der Waals surface area contributed by atoms with E-state index in [0.29, 0.717) is 0 Å². The van der Waals surface area contributed by atoms with Crippen LogP contribution in [0.5, 0.6) is 0 Å². The first kappa shape index (κ1) is 27.3. The van der Waals surface area contributed by atoms with Crippen LogP contribution in [0.15, 0.2) is 29.2 Å². The topological polar surface area (TPSA) is 165 Å². The van der Waals surface area contributed by atoms with E-state index in [-0.39, 0.29) is 6.61 Å². The van der Waals surface area contributed by atoms with Gasteiger partial charge in [-0.3, -0.25) is 15.0 Å². The third-order valence-electron chi connectivity index (χ3n) is 4.11. The van der Waals surface area contributed by atoms with E-state index in [2.05, 4.69) is 4.72 Å². The number of carboxylic acids is 1. The van der Waals surface area contributed by atoms with Crippen LogP contribution in [0.1, 0.15) is 34.6 Å². The number of nitrogens with one attached hydrogen (secondary N) is 1. The monoisotopic (exact) mass is 475 g/mol. The highest BCUT2D eigenvalue weighted by molar-refractivity contribution is 7.89. The second kappa shape index (κ2) is 10.7. The van der Waals surface area contributed by atoms with Crippen LogP contribution in [0.4, 0.5) is 10.5 Å². The number of carboxylic acid groups (broad SMARTS) is 1. The molecular weight excluding hydrogens is 446 g/mol. The van der Waals surface area contributed by atoms with Crippen molar-refractivity contribution < 1.29 is 37.5 Å². The van der Waals surface area contributed by atoms with Gasteiger partial charge in [0.2, 0.25) is 10.0 Å². The fourth-order valence-corrected chi connectivity index (χ4v) is 4.11. The molecule has 0 aliphatic heterocycles. The van der Waals surface area contributed by atoms with Gasteiger partial charge in [-0.2, -0.15) is 0 Å². The van der Waals surface area contributed by atoms with E-state index in [9.17, 15) is 33.2 Å². The zero-order chi connectivity index (χ0) is 24.9. The Kier molecular flexibility index (Phi) is 9.12. The molecule has 3 atom stereocenters. The van der Waals surface area contributed by atoms with Gasteiger partial charge in [0, 0.05) is 19.2 Å². The van der Waals surface area contributed by atoms with E-state index in [0.717, 1.165) is 17.0 Å². The first-order chi connectivity index (χ1) is 14.6. The predicted octanol–water partition coefficient (Wildman–Crippen LogP) is 1.99. The van der Waals surface area contributed by atoms with Crippen LogP contribution in [0.3, 0.4) is 0 Å². The van der Waals surface area contributed by atoms with Gasteiger partial charge < -0.3 is 14.6 Å². The number of carbonyl (C=O) groups excluding carboxylic acids is 1. The van der Waals surface area contributed by atoms with Crippen molar-refractivity contribution in [2.45, 2.75) is 63.3 Å². The normalized spacial score (nSPS) is 14.8. The van der Waals surface area contributed by atoms with Gasteiger partial charge in [0.05, 0.1) is 17.6 Å². The highest BCUT2D eigenvalue weighted by Crippen LogP contribution is 2.23. The van der Waals surface area contributed by atoms with Gasteiger partial charge in [-0.15, -0.1) is 0 Å². The number of hydrogen-bond donors (Lipinski definition) is 2. The molecule has 180 valence electrons. The molecule has 32 heavy (non-hydrogen) atoms. The molecule has 1 aromatic carbocycles. The second-order valence-electron chi connectivity index (χ2n) is 8.16. The van der Waals surface area contributed by atoms with Gasteiger partial charge in [0.15, 0.2) is 10.9 Å². The van der Waals surface area contributed by atoms with Crippen LogP contribution in [-0.4, -0.2) is 72.9 Å². The maximum atomic E-state index is 12.6. The number of para-hydroxylation sites is 1. The van der Waals surface area contributed by atoms with Crippen LogP contribution in [0, 0.1) is 10.1 Å². The Hall–Kier alpha value is -2.77. The first-order valence-electron chi connectivity index (χ1n) is 9.62. The summed E-state index contributed by atoms with van der Waals surface area (Å²) in [4.78, 5) is 34.6. The fraction of sp³-hybridized carbons (Fsp3) is 0.579. The minimum absolute atomic E-state index is 0.257. The number of likely N-dealkylation sites (N-methyl/N-ethyl adjacent to an activating group) is 1. The minimum atomic E-state index is -4.24. The summed E-state index contributed by atoms with van der Waals surface area (Å²) in [5.41, 5.74) is -1.41. The third-order valence-corrected chi connectivity index (χ3v) is 5.75. The summed E-state index contributed by atoms with van der Waals surface area (Å²) < 4.78 is 38.0. The van der Waals surface area contributed by atoms with E-state index >= 15 is 0 Å². The number of benzene rings is 1. The highest BCUT2D eigenvalue weighted by Gasteiger charge is 2.35. The molecule has 0 radical (unpaired) electrons. The molecule has 1 aromatic rings. The molecule has 0 heterocycles. The number of nitro groups is 1. The molecule has 0 bridgehead atoms. The molecule has 12 nitrogen and oxygen atoms in total. The molecule has 13 heteroatoms. The summed E-state index contributed by atoms with van der Waals surface area (Å²) in [6.45, 7) is 7.53. The van der Waals surface area contributed by atoms with Gasteiger partial charge in [0.1, 0.15) is 5.60 Å². The Labute approximate surface area is 186 Å². The molecule has 1 unspecified atom stereocenters. The van der Waals surface area contributed by atoms with Crippen molar-refractivity contribution in [2.24, 2.45) is 0 Å². The first-order valence-corrected chi connectivity index (χ1v) is 11.1. The molecule has 0 aliphatic carbocycles. The van der Waals surface area contributed by atoms with Gasteiger partial charge in [0.25, 0.3) is 5.69 Å². The van der Waals surface area contributed by atoms with Crippen molar-refractivity contribution in [3.63, 3.8) is 0 Å². The lowest BCUT2D eigenvalue weighted by Crippen LogP contribution is -2.51. The van der Waals surface area contributed by atoms with Crippen LogP contribution >= 0.6 is 0 Å². The number of amides is 1. The highest BCUT2D eigenvalue weighted by atomic mass is 32.2. The maximum Gasteiger partial charge on any atom is 0.410 e. The summed E-state index contributed by atoms with van der Waals surface area (Å²) in [5.74, 6) is -1.33. The number of aliphatic carboxylic acids is 1. The van der Waals surface area contributed by atoms with Crippen LogP contribution in [-0.2, 0) is 24.3 Å². The Morgan fingerprint density at radius 3 is 2.31 bits per heavy atom. The Morgan fingerprint density at radius 2 is 1.81 bits per heavy atom. The number of sulfonamides is 1. The van der Waals surface area contributed by atoms with Gasteiger partial charge >= 0.3 is 12.1 Å². The van der Waals surface area contributed by atoms with Gasteiger partial charge in [-0.05, 0) is 40.7 Å². The smallest absolute Gasteiger partial charge is 0.410 e. The van der Waals surface area contributed by atoms with E-state index < -0.39 is 61.4 Å². The second-order valence-corrected chi connectivity index (χ2v) is 9.84. The lowest BCUT2D eigenvalue weighted by Gasteiger charge is -2.32. The molecule has 1 rings (SSSR count). The average Bonchev–Trinajstić information content (AvgIpc) is 2.64. The Morgan fingerprint density at radius 1 is 1.25 bits per heavy atom. The van der Waals surface area contributed by atoms with E-state index in [1.54, 1.807) is 20.8 Å². The quantitative estimate of drug-likeness (QED) is 0.380. The molecule has 2 N–H and O–H groups in total. The van der Waals surface area contributed by atoms with Crippen LogP contribution in [0.25, 0.3) is 0 Å². The van der Waals surface area contributed by atoms with Gasteiger partial charge in [-0.1, -0.05) is 12.1 Å². The van der Waals surface area contributed by atoms with Crippen molar-refractivity contribution in [3.8, 4) is 0 Å². The Balaban J connectivity index is 2.85. The molecule has 0 saturated heterocycles. The lowest BCUT2D eigenvalue weighted by atomic mass is 10.1. The summed E-state index contributed by atoms with van der Waals surface area (Å²) in [5, 5.41) is 20.6. The minimum Gasteiger partial charge on any atom is -0.480 e. The zero-order valence-electron chi connectivity index (χ0n) is 18.8. The summed E-state index contributed by atoms with van der Waals surface area (Å²) in [7, 11) is -2.98. The summed E-state index contributed by atoms with van der Waals surface area (Å²) >= 11 is 0. The van der Waals surface area contributed by atoms with Gasteiger partial charge in [-0.25, -0.2) is 22.7 Å². The van der Waals surface area contributed by atoms with E-state index in [1.807, 2.05) is 0 Å². The SMILES string of the molecule is CC(CO[C@H](C)[C@@H](C(=O)O)N(C)C(=O)OC(C)(C)C)NS(=O)(=O)c1ccccc1[N+](=O)[O-]. The van der Waals surface area contributed by atoms with E-state index in [4.69, 9.17) is 9.47 Å². The molecule has 0 aliphatic rings. The molecule has 1 amide bonds. The zero-order valence-corrected chi connectivity index (χ0v) is 19.6. The molecule has 0 aromatic heterocycles. The molecule has 0 saturated carbocycles. The third kappa shape index (κ3) is 7.73. The van der Waals surface area contributed by atoms with Crippen molar-refractivity contribution in [3.05, 3.63) is 34.4 Å².